The number of ether oxygens (including phenoxy) is 1. The molecule has 0 bridgehead atoms. The van der Waals surface area contributed by atoms with Crippen LogP contribution in [0.15, 0.2) is 54.1 Å². The molecule has 4 heteroatoms. The second-order valence-electron chi connectivity index (χ2n) is 5.30. The van der Waals surface area contributed by atoms with Gasteiger partial charge in [-0.1, -0.05) is 41.9 Å². The highest BCUT2D eigenvalue weighted by Crippen LogP contribution is 2.28. The minimum Gasteiger partial charge on any atom is -0.489 e. The van der Waals surface area contributed by atoms with Crippen molar-refractivity contribution < 1.29 is 9.84 Å². The quantitative estimate of drug-likeness (QED) is 0.888. The van der Waals surface area contributed by atoms with Gasteiger partial charge in [-0.05, 0) is 35.4 Å². The Balaban J connectivity index is 1.69. The van der Waals surface area contributed by atoms with Crippen LogP contribution in [0.3, 0.4) is 0 Å². The van der Waals surface area contributed by atoms with Gasteiger partial charge in [-0.25, -0.2) is 0 Å². The number of halogens is 1. The maximum absolute atomic E-state index is 9.57. The topological polar surface area (TPSA) is 41.5 Å². The van der Waals surface area contributed by atoms with Crippen LogP contribution in [0.1, 0.15) is 17.2 Å². The van der Waals surface area contributed by atoms with Gasteiger partial charge in [-0.2, -0.15) is 0 Å². The molecule has 22 heavy (non-hydrogen) atoms. The van der Waals surface area contributed by atoms with Crippen molar-refractivity contribution in [3.05, 3.63) is 70.3 Å². The largest absolute Gasteiger partial charge is 0.489 e. The lowest BCUT2D eigenvalue weighted by Gasteiger charge is -2.21. The summed E-state index contributed by atoms with van der Waals surface area (Å²) in [5, 5.41) is 13.6. The Kier molecular flexibility index (Phi) is 4.78. The molecular formula is C18H18ClNO2. The zero-order valence-corrected chi connectivity index (χ0v) is 12.9. The molecule has 2 N–H and O–H groups in total. The molecule has 1 unspecified atom stereocenters. The van der Waals surface area contributed by atoms with Gasteiger partial charge in [0, 0.05) is 17.1 Å². The normalized spacial score (nSPS) is 14.7. The fourth-order valence-corrected chi connectivity index (χ4v) is 2.71. The second kappa shape index (κ2) is 6.97. The molecule has 2 aromatic rings. The molecule has 0 fully saturated rings. The summed E-state index contributed by atoms with van der Waals surface area (Å²) in [6, 6.07) is 15.5. The summed E-state index contributed by atoms with van der Waals surface area (Å²) in [6.07, 6.45) is 2.09. The predicted molar refractivity (Wildman–Crippen MR) is 89.2 cm³/mol. The van der Waals surface area contributed by atoms with E-state index in [4.69, 9.17) is 16.3 Å². The third kappa shape index (κ3) is 3.50. The van der Waals surface area contributed by atoms with Crippen molar-refractivity contribution in [2.75, 3.05) is 19.8 Å². The number of hydrogen-bond donors (Lipinski definition) is 2. The van der Waals surface area contributed by atoms with Crippen molar-refractivity contribution in [1.29, 1.82) is 0 Å². The van der Waals surface area contributed by atoms with Gasteiger partial charge in [0.1, 0.15) is 12.4 Å². The van der Waals surface area contributed by atoms with Gasteiger partial charge in [-0.15, -0.1) is 0 Å². The minimum absolute atomic E-state index is 0.0561. The average Bonchev–Trinajstić information content (AvgIpc) is 2.56. The Bertz CT molecular complexity index is 670. The molecule has 3 rings (SSSR count). The van der Waals surface area contributed by atoms with E-state index in [2.05, 4.69) is 11.4 Å². The monoisotopic (exact) mass is 315 g/mol. The molecule has 0 aromatic heterocycles. The van der Waals surface area contributed by atoms with Gasteiger partial charge in [0.15, 0.2) is 0 Å². The molecule has 1 heterocycles. The third-order valence-electron chi connectivity index (χ3n) is 3.70. The summed E-state index contributed by atoms with van der Waals surface area (Å²) in [7, 11) is 0. The van der Waals surface area contributed by atoms with Crippen LogP contribution >= 0.6 is 11.6 Å². The highest BCUT2D eigenvalue weighted by atomic mass is 35.5. The molecule has 1 aliphatic rings. The van der Waals surface area contributed by atoms with E-state index >= 15 is 0 Å². The summed E-state index contributed by atoms with van der Waals surface area (Å²) < 4.78 is 5.73. The number of nitrogens with one attached hydrogen (secondary N) is 1. The number of aliphatic hydroxyl groups excluding tert-OH is 1. The van der Waals surface area contributed by atoms with Gasteiger partial charge < -0.3 is 15.2 Å². The van der Waals surface area contributed by atoms with Crippen molar-refractivity contribution in [2.45, 2.75) is 6.04 Å². The smallest absolute Gasteiger partial charge is 0.127 e. The lowest BCUT2D eigenvalue weighted by atomic mass is 10.1. The summed E-state index contributed by atoms with van der Waals surface area (Å²) in [5.41, 5.74) is 3.20. The number of rotatable bonds is 5. The molecule has 0 aliphatic carbocycles. The van der Waals surface area contributed by atoms with Crippen molar-refractivity contribution in [2.24, 2.45) is 0 Å². The molecule has 0 spiro atoms. The van der Waals surface area contributed by atoms with Gasteiger partial charge in [-0.3, -0.25) is 0 Å². The second-order valence-corrected chi connectivity index (χ2v) is 5.74. The first-order valence-electron chi connectivity index (χ1n) is 7.27. The molecule has 0 saturated heterocycles. The van der Waals surface area contributed by atoms with Crippen LogP contribution < -0.4 is 10.1 Å². The number of fused-ring (bicyclic) bond motifs is 1. The van der Waals surface area contributed by atoms with Crippen molar-refractivity contribution in [3.63, 3.8) is 0 Å². The zero-order valence-electron chi connectivity index (χ0n) is 12.1. The summed E-state index contributed by atoms with van der Waals surface area (Å²) in [5.74, 6) is 0.856. The molecule has 114 valence electrons. The summed E-state index contributed by atoms with van der Waals surface area (Å²) in [6.45, 7) is 1.27. The van der Waals surface area contributed by atoms with E-state index in [-0.39, 0.29) is 12.6 Å². The lowest BCUT2D eigenvalue weighted by Crippen LogP contribution is -2.28. The zero-order chi connectivity index (χ0) is 15.4. The Morgan fingerprint density at radius 3 is 2.77 bits per heavy atom. The number of benzene rings is 2. The Labute approximate surface area is 135 Å². The summed E-state index contributed by atoms with van der Waals surface area (Å²) >= 11 is 6.02. The molecule has 0 radical (unpaired) electrons. The van der Waals surface area contributed by atoms with Crippen LogP contribution in [0.2, 0.25) is 5.02 Å². The maximum Gasteiger partial charge on any atom is 0.127 e. The fraction of sp³-hybridized carbons (Fsp3) is 0.222. The standard InChI is InChI=1S/C18H18ClNO2/c19-16-6-7-18-15(9-16)8-13(12-22-18)10-20-17(11-21)14-4-2-1-3-5-14/h1-9,17,20-21H,10-12H2. The molecule has 1 aliphatic heterocycles. The van der Waals surface area contributed by atoms with Crippen LogP contribution in [0.4, 0.5) is 0 Å². The first-order chi connectivity index (χ1) is 10.8. The van der Waals surface area contributed by atoms with Crippen molar-refractivity contribution in [1.82, 2.24) is 5.32 Å². The van der Waals surface area contributed by atoms with E-state index in [1.807, 2.05) is 48.5 Å². The van der Waals surface area contributed by atoms with E-state index in [9.17, 15) is 5.11 Å². The molecule has 0 saturated carbocycles. The predicted octanol–water partition coefficient (Wildman–Crippen LogP) is 3.44. The van der Waals surface area contributed by atoms with E-state index in [0.717, 1.165) is 22.4 Å². The van der Waals surface area contributed by atoms with Crippen LogP contribution in [0.25, 0.3) is 6.08 Å². The van der Waals surface area contributed by atoms with E-state index in [1.54, 1.807) is 0 Å². The molecule has 1 atom stereocenters. The van der Waals surface area contributed by atoms with Crippen LogP contribution in [0.5, 0.6) is 5.75 Å². The first kappa shape index (κ1) is 15.1. The third-order valence-corrected chi connectivity index (χ3v) is 3.94. The minimum atomic E-state index is -0.0807. The van der Waals surface area contributed by atoms with Gasteiger partial charge in [0.05, 0.1) is 12.6 Å². The Morgan fingerprint density at radius 2 is 2.00 bits per heavy atom. The number of hydrogen-bond acceptors (Lipinski definition) is 3. The SMILES string of the molecule is OCC(NCC1=Cc2cc(Cl)ccc2OC1)c1ccccc1. The van der Waals surface area contributed by atoms with Gasteiger partial charge in [0.2, 0.25) is 0 Å². The van der Waals surface area contributed by atoms with Gasteiger partial charge >= 0.3 is 0 Å². The molecule has 0 amide bonds. The van der Waals surface area contributed by atoms with Crippen LogP contribution in [-0.2, 0) is 0 Å². The fourth-order valence-electron chi connectivity index (χ4n) is 2.53. The number of aliphatic hydroxyl groups is 1. The van der Waals surface area contributed by atoms with E-state index in [0.29, 0.717) is 18.2 Å². The first-order valence-corrected chi connectivity index (χ1v) is 7.65. The lowest BCUT2D eigenvalue weighted by molar-refractivity contribution is 0.245. The van der Waals surface area contributed by atoms with Crippen LogP contribution in [0, 0.1) is 0 Å². The average molecular weight is 316 g/mol. The Hall–Kier alpha value is -1.81. The highest BCUT2D eigenvalue weighted by Gasteiger charge is 2.14. The molecule has 3 nitrogen and oxygen atoms in total. The van der Waals surface area contributed by atoms with E-state index in [1.165, 1.54) is 0 Å². The molecule has 2 aromatic carbocycles. The molecular weight excluding hydrogens is 298 g/mol. The van der Waals surface area contributed by atoms with Crippen molar-refractivity contribution in [3.8, 4) is 5.75 Å². The highest BCUT2D eigenvalue weighted by molar-refractivity contribution is 6.30. The van der Waals surface area contributed by atoms with Gasteiger partial charge in [0.25, 0.3) is 0 Å². The Morgan fingerprint density at radius 1 is 1.18 bits per heavy atom. The summed E-state index contributed by atoms with van der Waals surface area (Å²) in [4.78, 5) is 0. The van der Waals surface area contributed by atoms with E-state index < -0.39 is 0 Å². The maximum atomic E-state index is 9.57. The van der Waals surface area contributed by atoms with Crippen molar-refractivity contribution >= 4 is 17.7 Å². The van der Waals surface area contributed by atoms with Crippen LogP contribution in [-0.4, -0.2) is 24.9 Å².